The molecule has 19 nitrogen and oxygen atoms in total. The first-order valence-electron chi connectivity index (χ1n) is 37.7. The number of carbonyl (C=O) groups is 7. The van der Waals surface area contributed by atoms with Crippen molar-refractivity contribution in [2.75, 3.05) is 13.2 Å². The lowest BCUT2D eigenvalue weighted by Gasteiger charge is -2.47. The molecule has 3 aromatic carbocycles. The van der Waals surface area contributed by atoms with E-state index in [0.29, 0.717) is 42.4 Å². The summed E-state index contributed by atoms with van der Waals surface area (Å²) in [6.07, 6.45) is 27.1. The van der Waals surface area contributed by atoms with E-state index in [9.17, 15) is 46.7 Å². The van der Waals surface area contributed by atoms with E-state index in [1.54, 1.807) is 36.8 Å². The van der Waals surface area contributed by atoms with E-state index >= 15 is 0 Å². The number of allylic oxidation sites excluding steroid dienone is 3. The van der Waals surface area contributed by atoms with Gasteiger partial charge in [-0.3, -0.25) is 34.1 Å². The highest BCUT2D eigenvalue weighted by Gasteiger charge is 2.57. The minimum Gasteiger partial charge on any atom is -0.479 e. The Morgan fingerprint density at radius 1 is 0.467 bits per heavy atom. The highest BCUT2D eigenvalue weighted by molar-refractivity contribution is 5.79. The third kappa shape index (κ3) is 17.9. The number of ether oxygens (including phenoxy) is 5. The summed E-state index contributed by atoms with van der Waals surface area (Å²) in [6.45, 7) is 7.19. The fourth-order valence-electron chi connectivity index (χ4n) is 19.7. The first-order valence-corrected chi connectivity index (χ1v) is 37.7. The van der Waals surface area contributed by atoms with E-state index in [1.165, 1.54) is 55.7 Å². The van der Waals surface area contributed by atoms with Crippen LogP contribution in [0.4, 0.5) is 22.8 Å². The zero-order valence-electron chi connectivity index (χ0n) is 60.5. The number of hydrogen-bond donors (Lipinski definition) is 4. The van der Waals surface area contributed by atoms with Crippen LogP contribution in [-0.4, -0.2) is 106 Å². The molecule has 6 heterocycles. The molecule has 5 N–H and O–H groups in total. The molecule has 22 heteroatoms. The number of carboxylic acids is 1. The van der Waals surface area contributed by atoms with E-state index in [4.69, 9.17) is 34.5 Å². The number of carboxylic acid groups (broad SMARTS) is 1. The number of amides is 3. The molecule has 15 rings (SSSR count). The van der Waals surface area contributed by atoms with Gasteiger partial charge in [0.25, 0.3) is 5.91 Å². The molecule has 3 aliphatic heterocycles. The van der Waals surface area contributed by atoms with Crippen molar-refractivity contribution in [1.82, 2.24) is 25.6 Å². The lowest BCUT2D eigenvalue weighted by molar-refractivity contribution is -0.145. The van der Waals surface area contributed by atoms with Crippen molar-refractivity contribution in [3.8, 4) is 33.4 Å². The van der Waals surface area contributed by atoms with Crippen molar-refractivity contribution in [2.24, 2.45) is 100 Å². The van der Waals surface area contributed by atoms with Gasteiger partial charge in [-0.25, -0.2) is 27.6 Å². The van der Waals surface area contributed by atoms with Crippen LogP contribution in [0, 0.1) is 112 Å². The van der Waals surface area contributed by atoms with Crippen LogP contribution in [0.3, 0.4) is 0 Å². The molecule has 0 bridgehead atoms. The second kappa shape index (κ2) is 33.4. The molecule has 3 amide bonds. The molecule has 6 saturated carbocycles. The molecule has 107 heavy (non-hydrogen) atoms. The number of nitrogens with zero attached hydrogens (tertiary/aromatic N) is 3. The van der Waals surface area contributed by atoms with Crippen LogP contribution in [0.1, 0.15) is 122 Å². The Labute approximate surface area is 621 Å². The van der Waals surface area contributed by atoms with Crippen LogP contribution < -0.4 is 16.4 Å². The number of rotatable bonds is 15. The summed E-state index contributed by atoms with van der Waals surface area (Å²) >= 11 is 0. The first kappa shape index (κ1) is 75.3. The van der Waals surface area contributed by atoms with E-state index < -0.39 is 37.3 Å². The predicted molar refractivity (Wildman–Crippen MR) is 393 cm³/mol. The van der Waals surface area contributed by atoms with Gasteiger partial charge in [0.05, 0.1) is 34.8 Å². The number of nitrogens with two attached hydrogens (primary N) is 1. The molecule has 6 aromatic rings. The van der Waals surface area contributed by atoms with E-state index in [-0.39, 0.29) is 125 Å². The topological polar surface area (TPSA) is 275 Å². The predicted octanol–water partition coefficient (Wildman–Crippen LogP) is 14.9. The zero-order chi connectivity index (χ0) is 75.2. The number of fused-ring (bicyclic) bond motifs is 6. The third-order valence-corrected chi connectivity index (χ3v) is 24.3. The number of pyridine rings is 3. The Morgan fingerprint density at radius 2 is 0.813 bits per heavy atom. The Balaban J connectivity index is 0.000000143. The van der Waals surface area contributed by atoms with Crippen LogP contribution in [0.25, 0.3) is 51.6 Å². The summed E-state index contributed by atoms with van der Waals surface area (Å²) in [7, 11) is 0. The van der Waals surface area contributed by atoms with E-state index in [0.717, 1.165) is 101 Å². The first-order chi connectivity index (χ1) is 51.5. The number of primary amides is 1. The maximum Gasteiger partial charge on any atom is 0.407 e. The lowest BCUT2D eigenvalue weighted by Crippen LogP contribution is -2.48. The SMILES string of the molecule is C[C@@H]1CC[C@@H]2[C@@H](C1)C[C@H]1C(=O)O[C@H](C)[C@H]1[C@H]2/C=C/c1ccc(-c2cccc(F)c2)cn1.C[C@H]1OC(=O)[C@@H]2C[C@@H]3C[C@@H](NC(=O)OCC(N)=O)CC[C@H]3[C@H](/C=C/c3ccc(-c4cccc(F)c4)cn3)[C@H]12.C[C@H]1OC(=O)[C@@H]2C[C@@H]3C[C@H](NC(=O)OCC(=O)O)CC[C@H]3[C@H](/C=C/c3ccc(-c4cccc(F)c4)cn3)[C@H]12. The molecule has 9 aliphatic rings. The number of alkyl carbamates (subject to hydrolysis) is 2. The minimum atomic E-state index is -1.20. The third-order valence-electron chi connectivity index (χ3n) is 24.3. The minimum absolute atomic E-state index is 0.00477. The zero-order valence-corrected chi connectivity index (χ0v) is 60.5. The number of carbonyl (C=O) groups excluding carboxylic acids is 6. The van der Waals surface area contributed by atoms with Crippen LogP contribution >= 0.6 is 0 Å². The second-order valence-corrected chi connectivity index (χ2v) is 31.0. The number of aromatic nitrogens is 3. The molecular weight excluding hydrogens is 1370 g/mol. The fraction of sp³-hybridized carbons (Fsp3) is 0.459. The van der Waals surface area contributed by atoms with Crippen molar-refractivity contribution in [3.63, 3.8) is 0 Å². The molecule has 3 aromatic heterocycles. The van der Waals surface area contributed by atoms with Gasteiger partial charge in [0, 0.05) is 65.1 Å². The number of halogens is 3. The lowest BCUT2D eigenvalue weighted by atomic mass is 9.56. The Kier molecular flexibility index (Phi) is 23.5. The fourth-order valence-corrected chi connectivity index (χ4v) is 19.7. The number of nitrogens with one attached hydrogen (secondary N) is 2. The number of cyclic esters (lactones) is 3. The normalized spacial score (nSPS) is 31.6. The van der Waals surface area contributed by atoms with Crippen molar-refractivity contribution in [2.45, 2.75) is 135 Å². The largest absolute Gasteiger partial charge is 0.479 e. The molecule has 9 fully saturated rings. The van der Waals surface area contributed by atoms with Gasteiger partial charge in [-0.1, -0.05) is 86.2 Å². The highest BCUT2D eigenvalue weighted by Crippen LogP contribution is 2.57. The van der Waals surface area contributed by atoms with Gasteiger partial charge in [0.15, 0.2) is 13.2 Å². The molecule has 0 spiro atoms. The Morgan fingerprint density at radius 3 is 1.14 bits per heavy atom. The summed E-state index contributed by atoms with van der Waals surface area (Å²) < 4.78 is 67.3. The summed E-state index contributed by atoms with van der Waals surface area (Å²) in [5.41, 5.74) is 12.4. The molecule has 0 unspecified atom stereocenters. The molecule has 562 valence electrons. The van der Waals surface area contributed by atoms with Crippen molar-refractivity contribution < 1.29 is 75.5 Å². The average molecular weight is 1460 g/mol. The number of esters is 3. The summed E-state index contributed by atoms with van der Waals surface area (Å²) in [5.74, 6) is 0.773. The molecule has 6 aliphatic carbocycles. The monoisotopic (exact) mass is 1460 g/mol. The number of benzene rings is 3. The van der Waals surface area contributed by atoms with Gasteiger partial charge < -0.3 is 45.2 Å². The van der Waals surface area contributed by atoms with Gasteiger partial charge in [0.2, 0.25) is 0 Å². The molecule has 3 saturated heterocycles. The maximum absolute atomic E-state index is 13.6. The van der Waals surface area contributed by atoms with Crippen molar-refractivity contribution in [3.05, 3.63) is 181 Å². The van der Waals surface area contributed by atoms with Crippen molar-refractivity contribution in [1.29, 1.82) is 0 Å². The standard InChI is InChI=1S/C29H32FN3O5.C29H31FN2O6.C27H30FNO2/c1-16-27-24(10-7-21-6-5-18(14-32-21)17-3-2-4-20(30)11-17)23-9-8-22(33-29(36)37-15-26(31)34)12-19(23)13-25(27)28(35)38-16;1-16-27-24(10-7-21-6-5-18(14-31-21)17-3-2-4-20(30)11-17)23-9-8-22(32-29(36)37-15-26(33)34)12-19(23)13-25(27)28(35)38-16;1-16-6-10-23-20(12-16)14-25-26(17(2)31-27(25)30)24(23)11-9-22-8-7-19(15-29-22)18-4-3-5-21(28)13-18/h2-7,10-11,14,16,19,22-25,27H,8-9,12-13,15H2,1H3,(H2,31,34)(H,33,36);2-7,10-11,14,16,19,22-25,27H,8-9,12-13,15H2,1H3,(H,32,36)(H,33,34);3-5,7-9,11,13,15-17,20,23-26H,6,10,12,14H2,1-2H3/b2*10-7+;11-9+/t16-,19+,22+,23-,24+,25-,27+;16-,19+,22-,23-,24+,25-,27+;16-,17-,20+,23-,24+,25-,26+/m111/s1. The second-order valence-electron chi connectivity index (χ2n) is 31.0. The average Bonchev–Trinajstić information content (AvgIpc) is 1.67. The van der Waals surface area contributed by atoms with Gasteiger partial charge in [-0.2, -0.15) is 0 Å². The van der Waals surface area contributed by atoms with Gasteiger partial charge in [0.1, 0.15) is 35.8 Å². The summed E-state index contributed by atoms with van der Waals surface area (Å²) in [6, 6.07) is 30.8. The van der Waals surface area contributed by atoms with E-state index in [2.05, 4.69) is 63.7 Å². The number of hydrogen-bond acceptors (Lipinski definition) is 15. The van der Waals surface area contributed by atoms with Gasteiger partial charge >= 0.3 is 36.1 Å². The van der Waals surface area contributed by atoms with Crippen LogP contribution in [0.2, 0.25) is 0 Å². The highest BCUT2D eigenvalue weighted by atomic mass is 19.1. The van der Waals surface area contributed by atoms with Crippen LogP contribution in [-0.2, 0) is 47.7 Å². The summed E-state index contributed by atoms with van der Waals surface area (Å²) in [5, 5.41) is 14.4. The molecule has 21 atom stereocenters. The quantitative estimate of drug-likeness (QED) is 0.0549. The smallest absolute Gasteiger partial charge is 0.407 e. The number of aliphatic carboxylic acids is 1. The molecular formula is C85H93F3N6O13. The Hall–Kier alpha value is -9.99. The van der Waals surface area contributed by atoms with Crippen LogP contribution in [0.5, 0.6) is 0 Å². The van der Waals surface area contributed by atoms with Gasteiger partial charge in [-0.15, -0.1) is 0 Å². The van der Waals surface area contributed by atoms with Crippen molar-refractivity contribution >= 4 is 60.2 Å². The van der Waals surface area contributed by atoms with Crippen LogP contribution in [0.15, 0.2) is 146 Å². The molecule has 0 radical (unpaired) electrons. The summed E-state index contributed by atoms with van der Waals surface area (Å²) in [4.78, 5) is 97.2. The van der Waals surface area contributed by atoms with E-state index in [1.807, 2.05) is 80.6 Å². The Bertz CT molecular complexity index is 4120. The van der Waals surface area contributed by atoms with Gasteiger partial charge in [-0.05, 0) is 240 Å². The maximum atomic E-state index is 13.6.